The molecule has 0 unspecified atom stereocenters. The largest absolute Gasteiger partial charge is 0.454 e. The summed E-state index contributed by atoms with van der Waals surface area (Å²) in [7, 11) is 1.52. The smallest absolute Gasteiger partial charge is 0.303 e. The molecule has 0 spiro atoms. The molecule has 7 heteroatoms. The molecule has 0 radical (unpaired) electrons. The topological polar surface area (TPSA) is 72.5 Å². The minimum Gasteiger partial charge on any atom is -0.454 e. The molecule has 37 heavy (non-hydrogen) atoms. The van der Waals surface area contributed by atoms with Gasteiger partial charge in [0, 0.05) is 14.0 Å². The van der Waals surface area contributed by atoms with Gasteiger partial charge in [-0.05, 0) is 16.7 Å². The third-order valence-electron chi connectivity index (χ3n) is 6.09. The van der Waals surface area contributed by atoms with Gasteiger partial charge < -0.3 is 28.4 Å². The molecule has 4 rings (SSSR count). The van der Waals surface area contributed by atoms with Gasteiger partial charge in [0.15, 0.2) is 12.4 Å². The van der Waals surface area contributed by atoms with Gasteiger partial charge >= 0.3 is 5.97 Å². The molecule has 5 atom stereocenters. The van der Waals surface area contributed by atoms with E-state index >= 15 is 0 Å². The molecule has 0 amide bonds. The fourth-order valence-electron chi connectivity index (χ4n) is 4.31. The van der Waals surface area contributed by atoms with Gasteiger partial charge in [-0.1, -0.05) is 91.0 Å². The lowest BCUT2D eigenvalue weighted by atomic mass is 9.98. The zero-order valence-corrected chi connectivity index (χ0v) is 21.2. The van der Waals surface area contributed by atoms with Gasteiger partial charge in [-0.2, -0.15) is 0 Å². The first-order chi connectivity index (χ1) is 18.1. The highest BCUT2D eigenvalue weighted by Gasteiger charge is 2.49. The van der Waals surface area contributed by atoms with Gasteiger partial charge in [-0.3, -0.25) is 4.79 Å². The van der Waals surface area contributed by atoms with E-state index in [-0.39, 0.29) is 6.61 Å². The zero-order valence-electron chi connectivity index (χ0n) is 21.2. The number of carbonyl (C=O) groups is 1. The van der Waals surface area contributed by atoms with Crippen molar-refractivity contribution in [1.82, 2.24) is 0 Å². The summed E-state index contributed by atoms with van der Waals surface area (Å²) >= 11 is 0. The highest BCUT2D eigenvalue weighted by Crippen LogP contribution is 2.30. The van der Waals surface area contributed by atoms with Crippen LogP contribution in [-0.2, 0) is 53.0 Å². The standard InChI is InChI=1S/C30H34O7/c1-22(31)36-29-28(35-20-25-16-10-5-11-17-25)27(34-19-24-14-8-4-9-15-24)26(37-30(29)32-2)21-33-18-23-12-6-3-7-13-23/h3-17,26-30H,18-21H2,1-2H3/t26-,27-,28+,29-,30-/m1/s1. The molecule has 1 aliphatic rings. The van der Waals surface area contributed by atoms with Crippen LogP contribution in [-0.4, -0.2) is 50.4 Å². The Balaban J connectivity index is 1.56. The number of hydrogen-bond acceptors (Lipinski definition) is 7. The Kier molecular flexibility index (Phi) is 10.2. The number of hydrogen-bond donors (Lipinski definition) is 0. The van der Waals surface area contributed by atoms with Gasteiger partial charge in [-0.15, -0.1) is 0 Å². The van der Waals surface area contributed by atoms with E-state index in [9.17, 15) is 4.79 Å². The Labute approximate surface area is 218 Å². The number of ether oxygens (including phenoxy) is 6. The summed E-state index contributed by atoms with van der Waals surface area (Å²) in [6, 6.07) is 29.6. The van der Waals surface area contributed by atoms with Gasteiger partial charge in [0.2, 0.25) is 0 Å². The quantitative estimate of drug-likeness (QED) is 0.331. The van der Waals surface area contributed by atoms with Crippen LogP contribution in [0.2, 0.25) is 0 Å². The summed E-state index contributed by atoms with van der Waals surface area (Å²) in [6.07, 6.45) is -3.43. The third-order valence-corrected chi connectivity index (χ3v) is 6.09. The Bertz CT molecular complexity index is 1060. The second-order valence-electron chi connectivity index (χ2n) is 8.88. The van der Waals surface area contributed by atoms with Crippen molar-refractivity contribution in [2.45, 2.75) is 57.5 Å². The predicted octanol–water partition coefficient (Wildman–Crippen LogP) is 4.68. The first kappa shape index (κ1) is 27.0. The Hall–Kier alpha value is -3.07. The number of methoxy groups -OCH3 is 1. The van der Waals surface area contributed by atoms with Crippen LogP contribution in [0.1, 0.15) is 23.6 Å². The van der Waals surface area contributed by atoms with Crippen molar-refractivity contribution in [3.8, 4) is 0 Å². The van der Waals surface area contributed by atoms with Crippen LogP contribution in [0.15, 0.2) is 91.0 Å². The van der Waals surface area contributed by atoms with Crippen LogP contribution < -0.4 is 0 Å². The SMILES string of the molecule is CO[C@@H]1O[C@H](COCc2ccccc2)[C@@H](OCc2ccccc2)[C@H](OCc2ccccc2)[C@H]1OC(C)=O. The molecule has 3 aromatic carbocycles. The highest BCUT2D eigenvalue weighted by molar-refractivity contribution is 5.66. The minimum atomic E-state index is -0.841. The van der Waals surface area contributed by atoms with Gasteiger partial charge in [0.05, 0.1) is 26.4 Å². The molecule has 0 aromatic heterocycles. The predicted molar refractivity (Wildman–Crippen MR) is 137 cm³/mol. The van der Waals surface area contributed by atoms with Crippen LogP contribution in [0, 0.1) is 0 Å². The minimum absolute atomic E-state index is 0.242. The summed E-state index contributed by atoms with van der Waals surface area (Å²) in [5, 5.41) is 0. The summed E-state index contributed by atoms with van der Waals surface area (Å²) in [5.74, 6) is -0.454. The average molecular weight is 507 g/mol. The highest BCUT2D eigenvalue weighted by atomic mass is 16.7. The lowest BCUT2D eigenvalue weighted by Crippen LogP contribution is -2.62. The second kappa shape index (κ2) is 14.0. The molecule has 1 fully saturated rings. The Morgan fingerprint density at radius 2 is 1.19 bits per heavy atom. The van der Waals surface area contributed by atoms with E-state index in [1.807, 2.05) is 91.0 Å². The molecule has 0 aliphatic carbocycles. The summed E-state index contributed by atoms with van der Waals surface area (Å²) in [5.41, 5.74) is 3.05. The maximum atomic E-state index is 12.0. The van der Waals surface area contributed by atoms with E-state index in [1.54, 1.807) is 0 Å². The zero-order chi connectivity index (χ0) is 25.9. The molecule has 3 aromatic rings. The second-order valence-corrected chi connectivity index (χ2v) is 8.88. The van der Waals surface area contributed by atoms with Crippen molar-refractivity contribution in [1.29, 1.82) is 0 Å². The molecule has 0 N–H and O–H groups in total. The van der Waals surface area contributed by atoms with E-state index in [4.69, 9.17) is 28.4 Å². The van der Waals surface area contributed by atoms with Gasteiger partial charge in [-0.25, -0.2) is 0 Å². The van der Waals surface area contributed by atoms with Crippen molar-refractivity contribution in [2.24, 2.45) is 0 Å². The van der Waals surface area contributed by atoms with E-state index in [0.717, 1.165) is 16.7 Å². The average Bonchev–Trinajstić information content (AvgIpc) is 2.93. The molecule has 1 aliphatic heterocycles. The molecule has 196 valence electrons. The van der Waals surface area contributed by atoms with Crippen LogP contribution >= 0.6 is 0 Å². The van der Waals surface area contributed by atoms with E-state index < -0.39 is 36.7 Å². The summed E-state index contributed by atoms with van der Waals surface area (Å²) < 4.78 is 36.4. The number of benzene rings is 3. The van der Waals surface area contributed by atoms with Crippen LogP contribution in [0.4, 0.5) is 0 Å². The maximum absolute atomic E-state index is 12.0. The summed E-state index contributed by atoms with van der Waals surface area (Å²) in [4.78, 5) is 12.0. The Morgan fingerprint density at radius 3 is 1.68 bits per heavy atom. The maximum Gasteiger partial charge on any atom is 0.303 e. The third kappa shape index (κ3) is 7.95. The molecular weight excluding hydrogens is 472 g/mol. The van der Waals surface area contributed by atoms with E-state index in [0.29, 0.717) is 19.8 Å². The number of rotatable bonds is 12. The van der Waals surface area contributed by atoms with Gasteiger partial charge in [0.1, 0.15) is 18.3 Å². The van der Waals surface area contributed by atoms with E-state index in [2.05, 4.69) is 0 Å². The molecule has 1 heterocycles. The first-order valence-electron chi connectivity index (χ1n) is 12.4. The first-order valence-corrected chi connectivity index (χ1v) is 12.4. The fourth-order valence-corrected chi connectivity index (χ4v) is 4.31. The lowest BCUT2D eigenvalue weighted by molar-refractivity contribution is -0.315. The molecular formula is C30H34O7. The van der Waals surface area contributed by atoms with Crippen LogP contribution in [0.3, 0.4) is 0 Å². The van der Waals surface area contributed by atoms with Crippen molar-refractivity contribution < 1.29 is 33.2 Å². The van der Waals surface area contributed by atoms with Crippen molar-refractivity contribution in [3.05, 3.63) is 108 Å². The van der Waals surface area contributed by atoms with Crippen molar-refractivity contribution in [3.63, 3.8) is 0 Å². The number of carbonyl (C=O) groups excluding carboxylic acids is 1. The molecule has 7 nitrogen and oxygen atoms in total. The molecule has 0 saturated carbocycles. The lowest BCUT2D eigenvalue weighted by Gasteiger charge is -2.45. The monoisotopic (exact) mass is 506 g/mol. The van der Waals surface area contributed by atoms with Crippen molar-refractivity contribution >= 4 is 5.97 Å². The van der Waals surface area contributed by atoms with Gasteiger partial charge in [0.25, 0.3) is 0 Å². The molecule has 1 saturated heterocycles. The number of esters is 1. The Morgan fingerprint density at radius 1 is 0.703 bits per heavy atom. The molecule has 0 bridgehead atoms. The van der Waals surface area contributed by atoms with Crippen LogP contribution in [0.5, 0.6) is 0 Å². The van der Waals surface area contributed by atoms with Crippen LogP contribution in [0.25, 0.3) is 0 Å². The van der Waals surface area contributed by atoms with E-state index in [1.165, 1.54) is 14.0 Å². The summed E-state index contributed by atoms with van der Waals surface area (Å²) in [6.45, 7) is 2.66. The normalized spacial score (nSPS) is 23.5. The van der Waals surface area contributed by atoms with Crippen molar-refractivity contribution in [2.75, 3.05) is 13.7 Å². The fraction of sp³-hybridized carbons (Fsp3) is 0.367.